The van der Waals surface area contributed by atoms with E-state index in [0.717, 1.165) is 6.07 Å². The fourth-order valence-corrected chi connectivity index (χ4v) is 1.26. The molecule has 0 aliphatic rings. The Morgan fingerprint density at radius 1 is 1.60 bits per heavy atom. The summed E-state index contributed by atoms with van der Waals surface area (Å²) in [6.45, 7) is 1.78. The van der Waals surface area contributed by atoms with Crippen LogP contribution in [-0.4, -0.2) is 13.1 Å². The molecule has 1 aromatic carbocycles. The van der Waals surface area contributed by atoms with E-state index >= 15 is 0 Å². The van der Waals surface area contributed by atoms with Crippen LogP contribution in [-0.2, 0) is 11.2 Å². The summed E-state index contributed by atoms with van der Waals surface area (Å²) in [5.41, 5.74) is 0.522. The van der Waals surface area contributed by atoms with Gasteiger partial charge in [0.25, 0.3) is 0 Å². The maximum absolute atomic E-state index is 13.3. The summed E-state index contributed by atoms with van der Waals surface area (Å²) in [7, 11) is 1.19. The van der Waals surface area contributed by atoms with Gasteiger partial charge in [0.2, 0.25) is 0 Å². The van der Waals surface area contributed by atoms with Crippen LogP contribution in [0.2, 0.25) is 0 Å². The first-order valence-corrected chi connectivity index (χ1v) is 4.44. The van der Waals surface area contributed by atoms with Crippen molar-refractivity contribution in [3.63, 3.8) is 0 Å². The van der Waals surface area contributed by atoms with Gasteiger partial charge in [-0.1, -0.05) is 6.92 Å². The minimum atomic E-state index is -0.701. The van der Waals surface area contributed by atoms with E-state index in [0.29, 0.717) is 12.0 Å². The van der Waals surface area contributed by atoms with Crippen molar-refractivity contribution in [3.8, 4) is 6.07 Å². The second-order valence-corrected chi connectivity index (χ2v) is 2.95. The molecule has 0 saturated heterocycles. The first kappa shape index (κ1) is 11.2. The quantitative estimate of drug-likeness (QED) is 0.697. The van der Waals surface area contributed by atoms with Gasteiger partial charge in [-0.05, 0) is 24.1 Å². The minimum Gasteiger partial charge on any atom is -0.465 e. The number of hydrogen-bond acceptors (Lipinski definition) is 3. The highest BCUT2D eigenvalue weighted by molar-refractivity contribution is 5.92. The van der Waals surface area contributed by atoms with Gasteiger partial charge in [-0.25, -0.2) is 9.18 Å². The van der Waals surface area contributed by atoms with E-state index in [-0.39, 0.29) is 11.1 Å². The van der Waals surface area contributed by atoms with Gasteiger partial charge < -0.3 is 4.74 Å². The van der Waals surface area contributed by atoms with Gasteiger partial charge in [-0.15, -0.1) is 0 Å². The summed E-state index contributed by atoms with van der Waals surface area (Å²) in [6.07, 6.45) is 0.474. The third-order valence-electron chi connectivity index (χ3n) is 2.09. The lowest BCUT2D eigenvalue weighted by molar-refractivity contribution is 0.0600. The molecular weight excluding hydrogens is 197 g/mol. The van der Waals surface area contributed by atoms with E-state index in [2.05, 4.69) is 4.74 Å². The Kier molecular flexibility index (Phi) is 3.40. The molecule has 0 saturated carbocycles. The van der Waals surface area contributed by atoms with Gasteiger partial charge in [0.05, 0.1) is 18.2 Å². The second-order valence-electron chi connectivity index (χ2n) is 2.95. The molecular formula is C11H10FNO2. The molecule has 0 aliphatic carbocycles. The number of nitrogens with zero attached hydrogens (tertiary/aromatic N) is 1. The van der Waals surface area contributed by atoms with Gasteiger partial charge >= 0.3 is 5.97 Å². The fourth-order valence-electron chi connectivity index (χ4n) is 1.26. The van der Waals surface area contributed by atoms with E-state index in [9.17, 15) is 9.18 Å². The number of esters is 1. The van der Waals surface area contributed by atoms with E-state index in [1.807, 2.05) is 6.07 Å². The summed E-state index contributed by atoms with van der Waals surface area (Å²) in [4.78, 5) is 11.2. The van der Waals surface area contributed by atoms with Gasteiger partial charge in [-0.3, -0.25) is 0 Å². The Hall–Kier alpha value is -1.89. The van der Waals surface area contributed by atoms with Crippen LogP contribution in [0.1, 0.15) is 28.4 Å². The van der Waals surface area contributed by atoms with E-state index in [4.69, 9.17) is 5.26 Å². The standard InChI is InChI=1S/C11H10FNO2/c1-3-7-4-8(6-13)9(5-10(7)12)11(14)15-2/h4-5H,3H2,1-2H3. The van der Waals surface area contributed by atoms with E-state index < -0.39 is 11.8 Å². The first-order chi connectivity index (χ1) is 7.13. The van der Waals surface area contributed by atoms with Crippen LogP contribution in [0.25, 0.3) is 0 Å². The summed E-state index contributed by atoms with van der Waals surface area (Å²) in [6, 6.07) is 4.27. The second kappa shape index (κ2) is 4.56. The van der Waals surface area contributed by atoms with Crippen molar-refractivity contribution >= 4 is 5.97 Å². The number of halogens is 1. The molecule has 0 N–H and O–H groups in total. The first-order valence-electron chi connectivity index (χ1n) is 4.44. The monoisotopic (exact) mass is 207 g/mol. The number of carbonyl (C=O) groups is 1. The van der Waals surface area contributed by atoms with Crippen LogP contribution in [0, 0.1) is 17.1 Å². The number of aryl methyl sites for hydroxylation is 1. The average Bonchev–Trinajstić information content (AvgIpc) is 2.27. The van der Waals surface area contributed by atoms with Gasteiger partial charge in [0.15, 0.2) is 0 Å². The smallest absolute Gasteiger partial charge is 0.339 e. The molecule has 78 valence electrons. The molecule has 0 bridgehead atoms. The Labute approximate surface area is 87.1 Å². The average molecular weight is 207 g/mol. The lowest BCUT2D eigenvalue weighted by atomic mass is 10.0. The zero-order chi connectivity index (χ0) is 11.4. The van der Waals surface area contributed by atoms with Crippen molar-refractivity contribution < 1.29 is 13.9 Å². The predicted octanol–water partition coefficient (Wildman–Crippen LogP) is 2.05. The highest BCUT2D eigenvalue weighted by Gasteiger charge is 2.15. The minimum absolute atomic E-state index is 0.0327. The highest BCUT2D eigenvalue weighted by Crippen LogP contribution is 2.16. The molecule has 4 heteroatoms. The summed E-state index contributed by atoms with van der Waals surface area (Å²) < 4.78 is 17.8. The molecule has 0 aromatic heterocycles. The number of hydrogen-bond donors (Lipinski definition) is 0. The topological polar surface area (TPSA) is 50.1 Å². The molecule has 3 nitrogen and oxygen atoms in total. The van der Waals surface area contributed by atoms with Crippen molar-refractivity contribution in [2.45, 2.75) is 13.3 Å². The third-order valence-corrected chi connectivity index (χ3v) is 2.09. The van der Waals surface area contributed by atoms with E-state index in [1.54, 1.807) is 6.92 Å². The van der Waals surface area contributed by atoms with Crippen molar-refractivity contribution in [1.82, 2.24) is 0 Å². The maximum atomic E-state index is 13.3. The molecule has 0 heterocycles. The maximum Gasteiger partial charge on any atom is 0.339 e. The van der Waals surface area contributed by atoms with Gasteiger partial charge in [-0.2, -0.15) is 5.26 Å². The van der Waals surface area contributed by atoms with Crippen LogP contribution in [0.15, 0.2) is 12.1 Å². The number of benzene rings is 1. The fraction of sp³-hybridized carbons (Fsp3) is 0.273. The SMILES string of the molecule is CCc1cc(C#N)c(C(=O)OC)cc1F. The Balaban J connectivity index is 3.35. The molecule has 0 amide bonds. The van der Waals surface area contributed by atoms with Gasteiger partial charge in [0, 0.05) is 0 Å². The number of carbonyl (C=O) groups excluding carboxylic acids is 1. The number of rotatable bonds is 2. The third kappa shape index (κ3) is 2.13. The molecule has 1 aromatic rings. The van der Waals surface area contributed by atoms with E-state index in [1.165, 1.54) is 13.2 Å². The van der Waals surface area contributed by atoms with Crippen LogP contribution < -0.4 is 0 Å². The molecule has 15 heavy (non-hydrogen) atoms. The Morgan fingerprint density at radius 2 is 2.27 bits per heavy atom. The summed E-state index contributed by atoms with van der Waals surface area (Å²) in [5.74, 6) is -1.19. The van der Waals surface area contributed by atoms with Crippen LogP contribution >= 0.6 is 0 Å². The lowest BCUT2D eigenvalue weighted by Crippen LogP contribution is -2.06. The molecule has 0 unspecified atom stereocenters. The Morgan fingerprint density at radius 3 is 2.73 bits per heavy atom. The molecule has 0 aliphatic heterocycles. The van der Waals surface area contributed by atoms with Crippen LogP contribution in [0.3, 0.4) is 0 Å². The Bertz CT molecular complexity index is 435. The van der Waals surface area contributed by atoms with Crippen molar-refractivity contribution in [2.24, 2.45) is 0 Å². The lowest BCUT2D eigenvalue weighted by Gasteiger charge is -2.05. The number of ether oxygens (including phenoxy) is 1. The molecule has 1 rings (SSSR count). The zero-order valence-electron chi connectivity index (χ0n) is 8.50. The largest absolute Gasteiger partial charge is 0.465 e. The molecule has 0 radical (unpaired) electrons. The number of methoxy groups -OCH3 is 1. The van der Waals surface area contributed by atoms with Crippen molar-refractivity contribution in [3.05, 3.63) is 34.6 Å². The normalized spacial score (nSPS) is 9.47. The van der Waals surface area contributed by atoms with Crippen LogP contribution in [0.4, 0.5) is 4.39 Å². The van der Waals surface area contributed by atoms with Crippen molar-refractivity contribution in [1.29, 1.82) is 5.26 Å². The zero-order valence-corrected chi connectivity index (χ0v) is 8.50. The summed E-state index contributed by atoms with van der Waals surface area (Å²) >= 11 is 0. The predicted molar refractivity (Wildman–Crippen MR) is 51.8 cm³/mol. The molecule has 0 fully saturated rings. The molecule has 0 atom stereocenters. The number of nitriles is 1. The molecule has 0 spiro atoms. The van der Waals surface area contributed by atoms with Gasteiger partial charge in [0.1, 0.15) is 11.9 Å². The van der Waals surface area contributed by atoms with Crippen molar-refractivity contribution in [2.75, 3.05) is 7.11 Å². The highest BCUT2D eigenvalue weighted by atomic mass is 19.1. The van der Waals surface area contributed by atoms with Crippen LogP contribution in [0.5, 0.6) is 0 Å². The summed E-state index contributed by atoms with van der Waals surface area (Å²) in [5, 5.41) is 8.79.